The number of aromatic nitrogens is 2. The van der Waals surface area contributed by atoms with Crippen LogP contribution in [0.4, 0.5) is 5.13 Å². The minimum absolute atomic E-state index is 0.0741. The van der Waals surface area contributed by atoms with Crippen LogP contribution in [0.15, 0.2) is 23.1 Å². The lowest BCUT2D eigenvalue weighted by atomic mass is 10.2. The third-order valence-electron chi connectivity index (χ3n) is 4.37. The predicted octanol–water partition coefficient (Wildman–Crippen LogP) is 2.34. The van der Waals surface area contributed by atoms with Gasteiger partial charge in [-0.1, -0.05) is 22.9 Å². The standard InChI is InChI=1S/C16H17ClN4O4S2/c17-12-4-3-11(9-13(12)27(23,24)21-5-7-25-8-6-21)14(22)18-16-20-19-15(26-16)10-1-2-10/h3-4,9-10H,1-2,5-8H2,(H,18,20,22). The Bertz CT molecular complexity index is 969. The van der Waals surface area contributed by atoms with E-state index in [4.69, 9.17) is 16.3 Å². The molecule has 1 aromatic carbocycles. The monoisotopic (exact) mass is 428 g/mol. The summed E-state index contributed by atoms with van der Waals surface area (Å²) in [5.41, 5.74) is 0.189. The van der Waals surface area contributed by atoms with Gasteiger partial charge in [0.05, 0.1) is 18.2 Å². The minimum atomic E-state index is -3.80. The molecule has 27 heavy (non-hydrogen) atoms. The maximum atomic E-state index is 12.9. The van der Waals surface area contributed by atoms with Gasteiger partial charge in [-0.2, -0.15) is 4.31 Å². The lowest BCUT2D eigenvalue weighted by Crippen LogP contribution is -2.40. The normalized spacial score (nSPS) is 18.4. The van der Waals surface area contributed by atoms with E-state index in [0.717, 1.165) is 17.8 Å². The number of sulfonamides is 1. The molecule has 144 valence electrons. The number of nitrogens with zero attached hydrogens (tertiary/aromatic N) is 3. The van der Waals surface area contributed by atoms with Crippen LogP contribution in [0.5, 0.6) is 0 Å². The fourth-order valence-electron chi connectivity index (χ4n) is 2.72. The van der Waals surface area contributed by atoms with Gasteiger partial charge in [0.15, 0.2) is 0 Å². The molecule has 1 aliphatic carbocycles. The summed E-state index contributed by atoms with van der Waals surface area (Å²) in [6.45, 7) is 1.17. The van der Waals surface area contributed by atoms with Crippen LogP contribution in [-0.4, -0.2) is 55.1 Å². The van der Waals surface area contributed by atoms with Crippen molar-refractivity contribution in [1.82, 2.24) is 14.5 Å². The first-order valence-electron chi connectivity index (χ1n) is 8.47. The highest BCUT2D eigenvalue weighted by Gasteiger charge is 2.30. The first kappa shape index (κ1) is 18.8. The van der Waals surface area contributed by atoms with Crippen LogP contribution in [0.3, 0.4) is 0 Å². The van der Waals surface area contributed by atoms with Crippen molar-refractivity contribution in [3.05, 3.63) is 33.8 Å². The van der Waals surface area contributed by atoms with Crippen LogP contribution in [0.25, 0.3) is 0 Å². The molecule has 1 saturated carbocycles. The van der Waals surface area contributed by atoms with Crippen LogP contribution in [-0.2, 0) is 14.8 Å². The molecular weight excluding hydrogens is 412 g/mol. The van der Waals surface area contributed by atoms with E-state index in [0.29, 0.717) is 24.3 Å². The topological polar surface area (TPSA) is 101 Å². The Kier molecular flexibility index (Phi) is 5.17. The number of carbonyl (C=O) groups is 1. The van der Waals surface area contributed by atoms with Gasteiger partial charge in [0.1, 0.15) is 9.90 Å². The van der Waals surface area contributed by atoms with E-state index in [1.165, 1.54) is 33.8 Å². The van der Waals surface area contributed by atoms with Crippen molar-refractivity contribution in [3.63, 3.8) is 0 Å². The second-order valence-electron chi connectivity index (χ2n) is 6.34. The van der Waals surface area contributed by atoms with E-state index < -0.39 is 15.9 Å². The zero-order valence-electron chi connectivity index (χ0n) is 14.2. The molecule has 0 radical (unpaired) electrons. The molecule has 2 heterocycles. The second kappa shape index (κ2) is 7.44. The summed E-state index contributed by atoms with van der Waals surface area (Å²) < 4.78 is 32.2. The van der Waals surface area contributed by atoms with E-state index in [9.17, 15) is 13.2 Å². The summed E-state index contributed by atoms with van der Waals surface area (Å²) in [6.07, 6.45) is 2.20. The number of rotatable bonds is 5. The van der Waals surface area contributed by atoms with Gasteiger partial charge < -0.3 is 4.74 Å². The van der Waals surface area contributed by atoms with Crippen molar-refractivity contribution in [3.8, 4) is 0 Å². The Morgan fingerprint density at radius 2 is 2.00 bits per heavy atom. The lowest BCUT2D eigenvalue weighted by Gasteiger charge is -2.26. The molecule has 2 fully saturated rings. The Labute approximate surface area is 165 Å². The van der Waals surface area contributed by atoms with Crippen molar-refractivity contribution < 1.29 is 17.9 Å². The molecule has 0 bridgehead atoms. The average Bonchev–Trinajstić information content (AvgIpc) is 3.42. The summed E-state index contributed by atoms with van der Waals surface area (Å²) in [7, 11) is -3.80. The van der Waals surface area contributed by atoms with Gasteiger partial charge in [0.2, 0.25) is 15.2 Å². The summed E-state index contributed by atoms with van der Waals surface area (Å²) in [5, 5.41) is 12.1. The fraction of sp³-hybridized carbons (Fsp3) is 0.438. The maximum Gasteiger partial charge on any atom is 0.257 e. The first-order valence-corrected chi connectivity index (χ1v) is 11.1. The number of amides is 1. The van der Waals surface area contributed by atoms with E-state index in [-0.39, 0.29) is 28.6 Å². The van der Waals surface area contributed by atoms with Crippen molar-refractivity contribution in [1.29, 1.82) is 0 Å². The molecular formula is C16H17ClN4O4S2. The largest absolute Gasteiger partial charge is 0.379 e. The Hall–Kier alpha value is -1.59. The summed E-state index contributed by atoms with van der Waals surface area (Å²) in [4.78, 5) is 12.4. The van der Waals surface area contributed by atoms with Gasteiger partial charge >= 0.3 is 0 Å². The van der Waals surface area contributed by atoms with E-state index in [1.54, 1.807) is 0 Å². The molecule has 1 saturated heterocycles. The van der Waals surface area contributed by atoms with Crippen LogP contribution in [0.2, 0.25) is 5.02 Å². The minimum Gasteiger partial charge on any atom is -0.379 e. The number of nitrogens with one attached hydrogen (secondary N) is 1. The lowest BCUT2D eigenvalue weighted by molar-refractivity contribution is 0.0730. The number of hydrogen-bond acceptors (Lipinski definition) is 7. The molecule has 2 aliphatic rings. The van der Waals surface area contributed by atoms with E-state index in [2.05, 4.69) is 15.5 Å². The van der Waals surface area contributed by atoms with E-state index >= 15 is 0 Å². The Balaban J connectivity index is 1.56. The van der Waals surface area contributed by atoms with Crippen molar-refractivity contribution in [2.24, 2.45) is 0 Å². The van der Waals surface area contributed by atoms with E-state index in [1.807, 2.05) is 0 Å². The molecule has 0 unspecified atom stereocenters. The maximum absolute atomic E-state index is 12.9. The molecule has 0 spiro atoms. The molecule has 1 amide bonds. The van der Waals surface area contributed by atoms with Crippen LogP contribution >= 0.6 is 22.9 Å². The van der Waals surface area contributed by atoms with Crippen molar-refractivity contribution >= 4 is 44.0 Å². The van der Waals surface area contributed by atoms with Crippen LogP contribution in [0, 0.1) is 0 Å². The second-order valence-corrected chi connectivity index (χ2v) is 9.66. The smallest absolute Gasteiger partial charge is 0.257 e. The van der Waals surface area contributed by atoms with Gasteiger partial charge in [-0.05, 0) is 31.0 Å². The summed E-state index contributed by atoms with van der Waals surface area (Å²) in [6, 6.07) is 4.20. The number of anilines is 1. The average molecular weight is 429 g/mol. The van der Waals surface area contributed by atoms with Gasteiger partial charge in [-0.3, -0.25) is 10.1 Å². The molecule has 4 rings (SSSR count). The van der Waals surface area contributed by atoms with Gasteiger partial charge in [-0.15, -0.1) is 10.2 Å². The number of carbonyl (C=O) groups excluding carboxylic acids is 1. The highest BCUT2D eigenvalue weighted by molar-refractivity contribution is 7.89. The highest BCUT2D eigenvalue weighted by Crippen LogP contribution is 2.42. The number of morpholine rings is 1. The zero-order chi connectivity index (χ0) is 19.0. The molecule has 2 aromatic rings. The van der Waals surface area contributed by atoms with Crippen LogP contribution in [0.1, 0.15) is 34.1 Å². The molecule has 1 N–H and O–H groups in total. The summed E-state index contributed by atoms with van der Waals surface area (Å²) >= 11 is 7.46. The summed E-state index contributed by atoms with van der Waals surface area (Å²) in [5.74, 6) is -0.00227. The number of halogens is 1. The fourth-order valence-corrected chi connectivity index (χ4v) is 5.53. The molecule has 1 aromatic heterocycles. The quantitative estimate of drug-likeness (QED) is 0.784. The third kappa shape index (κ3) is 3.99. The predicted molar refractivity (Wildman–Crippen MR) is 101 cm³/mol. The number of hydrogen-bond donors (Lipinski definition) is 1. The van der Waals surface area contributed by atoms with Crippen LogP contribution < -0.4 is 5.32 Å². The Morgan fingerprint density at radius 1 is 1.26 bits per heavy atom. The van der Waals surface area contributed by atoms with Crippen molar-refractivity contribution in [2.45, 2.75) is 23.7 Å². The van der Waals surface area contributed by atoms with Crippen molar-refractivity contribution in [2.75, 3.05) is 31.6 Å². The zero-order valence-corrected chi connectivity index (χ0v) is 16.6. The van der Waals surface area contributed by atoms with Gasteiger partial charge in [0, 0.05) is 24.6 Å². The SMILES string of the molecule is O=C(Nc1nnc(C2CC2)s1)c1ccc(Cl)c(S(=O)(=O)N2CCOCC2)c1. The number of ether oxygens (including phenoxy) is 1. The third-order valence-corrected chi connectivity index (χ3v) is 7.75. The number of benzene rings is 1. The van der Waals surface area contributed by atoms with Gasteiger partial charge in [-0.25, -0.2) is 8.42 Å². The molecule has 1 aliphatic heterocycles. The molecule has 8 nitrogen and oxygen atoms in total. The molecule has 0 atom stereocenters. The molecule has 11 heteroatoms. The Morgan fingerprint density at radius 3 is 2.70 bits per heavy atom. The van der Waals surface area contributed by atoms with Gasteiger partial charge in [0.25, 0.3) is 5.91 Å². The first-order chi connectivity index (χ1) is 12.9. The highest BCUT2D eigenvalue weighted by atomic mass is 35.5.